The van der Waals surface area contributed by atoms with Gasteiger partial charge in [0.25, 0.3) is 5.56 Å². The van der Waals surface area contributed by atoms with Gasteiger partial charge in [-0.15, -0.1) is 0 Å². The summed E-state index contributed by atoms with van der Waals surface area (Å²) in [6, 6.07) is 7.32. The van der Waals surface area contributed by atoms with E-state index in [1.54, 1.807) is 40.8 Å². The van der Waals surface area contributed by atoms with Crippen LogP contribution in [0.1, 0.15) is 45.2 Å². The highest BCUT2D eigenvalue weighted by Gasteiger charge is 2.36. The van der Waals surface area contributed by atoms with Crippen molar-refractivity contribution in [1.82, 2.24) is 24.2 Å². The van der Waals surface area contributed by atoms with Gasteiger partial charge in [-0.25, -0.2) is 4.98 Å². The fourth-order valence-corrected chi connectivity index (χ4v) is 5.06. The molecular formula is C25H31F2N7O2. The van der Waals surface area contributed by atoms with E-state index in [0.717, 1.165) is 30.6 Å². The summed E-state index contributed by atoms with van der Waals surface area (Å²) >= 11 is 0. The summed E-state index contributed by atoms with van der Waals surface area (Å²) in [6.07, 6.45) is 5.08. The van der Waals surface area contributed by atoms with Crippen LogP contribution in [0, 0.1) is 11.3 Å². The monoisotopic (exact) mass is 499 g/mol. The van der Waals surface area contributed by atoms with Crippen molar-refractivity contribution in [3.05, 3.63) is 46.5 Å². The minimum atomic E-state index is -2.91. The number of ether oxygens (including phenoxy) is 1. The van der Waals surface area contributed by atoms with Gasteiger partial charge >= 0.3 is 6.61 Å². The topological polar surface area (TPSA) is 92.2 Å². The number of pyridine rings is 2. The van der Waals surface area contributed by atoms with E-state index < -0.39 is 6.61 Å². The molecule has 11 heteroatoms. The number of aryl methyl sites for hydroxylation is 1. The van der Waals surface area contributed by atoms with Crippen LogP contribution in [0.5, 0.6) is 5.88 Å². The Morgan fingerprint density at radius 1 is 1.22 bits per heavy atom. The highest BCUT2D eigenvalue weighted by Crippen LogP contribution is 2.34. The normalized spacial score (nSPS) is 19.6. The second-order valence-corrected chi connectivity index (χ2v) is 9.10. The fraction of sp³-hybridized carbons (Fsp3) is 0.520. The standard InChI is InChI=1S/C25H31F2N7O2/c1-5-18-14-34(20-11-23(35)31(4)21-15-32(10-9-28)30-24(20)21)19(6-2)13-33(18)16(3)17-7-8-22(29-12-17)36-25(26)27/h7-8,11-12,15-16,18-19,25H,5-6,10,13-14H2,1-4H3/t16-,18-,19+/m1/s1. The highest BCUT2D eigenvalue weighted by molar-refractivity contribution is 5.88. The summed E-state index contributed by atoms with van der Waals surface area (Å²) in [5, 5.41) is 13.8. The minimum absolute atomic E-state index is 0.0118. The molecule has 0 saturated carbocycles. The Bertz CT molecular complexity index is 1300. The molecule has 3 aromatic heterocycles. The first-order valence-corrected chi connectivity index (χ1v) is 12.1. The molecule has 4 rings (SSSR count). The summed E-state index contributed by atoms with van der Waals surface area (Å²) in [5.41, 5.74) is 3.00. The first kappa shape index (κ1) is 25.6. The van der Waals surface area contributed by atoms with Gasteiger partial charge in [-0.2, -0.15) is 19.1 Å². The molecule has 3 aromatic rings. The SMILES string of the molecule is CC[C@H]1CN([C@H](C)c2ccc(OC(F)F)nc2)[C@H](CC)CN1c1cc(=O)n(C)c2cn(CC#N)nc12. The van der Waals surface area contributed by atoms with Gasteiger partial charge in [0.05, 0.1) is 23.5 Å². The number of rotatable bonds is 8. The third-order valence-electron chi connectivity index (χ3n) is 7.11. The van der Waals surface area contributed by atoms with E-state index in [1.165, 1.54) is 6.07 Å². The van der Waals surface area contributed by atoms with Crippen LogP contribution >= 0.6 is 0 Å². The molecule has 0 amide bonds. The number of nitrogens with zero attached hydrogens (tertiary/aromatic N) is 7. The summed E-state index contributed by atoms with van der Waals surface area (Å²) in [5.74, 6) is -0.102. The van der Waals surface area contributed by atoms with Gasteiger partial charge in [-0.3, -0.25) is 14.4 Å². The Labute approximate surface area is 208 Å². The molecule has 0 unspecified atom stereocenters. The number of nitriles is 1. The average molecular weight is 500 g/mol. The van der Waals surface area contributed by atoms with Gasteiger partial charge in [0.15, 0.2) is 0 Å². The quantitative estimate of drug-likeness (QED) is 0.467. The van der Waals surface area contributed by atoms with Gasteiger partial charge < -0.3 is 14.2 Å². The molecule has 0 aromatic carbocycles. The van der Waals surface area contributed by atoms with Crippen LogP contribution in [-0.4, -0.2) is 56.0 Å². The number of fused-ring (bicyclic) bond motifs is 1. The van der Waals surface area contributed by atoms with Crippen molar-refractivity contribution < 1.29 is 13.5 Å². The second-order valence-electron chi connectivity index (χ2n) is 9.10. The van der Waals surface area contributed by atoms with Gasteiger partial charge in [-0.05, 0) is 25.3 Å². The summed E-state index contributed by atoms with van der Waals surface area (Å²) in [4.78, 5) is 21.6. The van der Waals surface area contributed by atoms with Crippen LogP contribution in [0.4, 0.5) is 14.5 Å². The largest absolute Gasteiger partial charge is 0.417 e. The Morgan fingerprint density at radius 3 is 2.58 bits per heavy atom. The van der Waals surface area contributed by atoms with Crippen LogP contribution < -0.4 is 15.2 Å². The molecule has 1 aliphatic rings. The Hall–Kier alpha value is -3.52. The van der Waals surface area contributed by atoms with Crippen LogP contribution in [0.25, 0.3) is 11.0 Å². The van der Waals surface area contributed by atoms with E-state index in [1.807, 2.05) is 0 Å². The smallest absolute Gasteiger partial charge is 0.388 e. The predicted octanol–water partition coefficient (Wildman–Crippen LogP) is 3.70. The molecule has 1 aliphatic heterocycles. The van der Waals surface area contributed by atoms with E-state index >= 15 is 0 Å². The number of anilines is 1. The second kappa shape index (κ2) is 10.6. The van der Waals surface area contributed by atoms with Gasteiger partial charge in [0.2, 0.25) is 5.88 Å². The third-order valence-corrected chi connectivity index (χ3v) is 7.11. The molecular weight excluding hydrogens is 468 g/mol. The zero-order valence-corrected chi connectivity index (χ0v) is 20.9. The van der Waals surface area contributed by atoms with Crippen molar-refractivity contribution in [3.63, 3.8) is 0 Å². The minimum Gasteiger partial charge on any atom is -0.417 e. The molecule has 0 N–H and O–H groups in total. The number of hydrogen-bond acceptors (Lipinski definition) is 7. The first-order valence-electron chi connectivity index (χ1n) is 12.1. The zero-order chi connectivity index (χ0) is 26.0. The summed E-state index contributed by atoms with van der Waals surface area (Å²) in [6.45, 7) is 5.00. The first-order chi connectivity index (χ1) is 17.3. The molecule has 1 fully saturated rings. The molecule has 1 saturated heterocycles. The van der Waals surface area contributed by atoms with Crippen LogP contribution in [0.2, 0.25) is 0 Å². The Balaban J connectivity index is 1.65. The molecule has 3 atom stereocenters. The Kier molecular flexibility index (Phi) is 7.54. The van der Waals surface area contributed by atoms with Crippen molar-refractivity contribution >= 4 is 16.7 Å². The van der Waals surface area contributed by atoms with Crippen molar-refractivity contribution in [2.45, 2.75) is 64.9 Å². The maximum absolute atomic E-state index is 12.8. The predicted molar refractivity (Wildman–Crippen MR) is 132 cm³/mol. The lowest BCUT2D eigenvalue weighted by molar-refractivity contribution is -0.0528. The van der Waals surface area contributed by atoms with Crippen LogP contribution in [-0.2, 0) is 13.6 Å². The number of aromatic nitrogens is 4. The summed E-state index contributed by atoms with van der Waals surface area (Å²) < 4.78 is 32.5. The van der Waals surface area contributed by atoms with Crippen molar-refractivity contribution in [3.8, 4) is 11.9 Å². The number of halogens is 2. The molecule has 9 nitrogen and oxygen atoms in total. The van der Waals surface area contributed by atoms with E-state index in [9.17, 15) is 13.6 Å². The number of alkyl halides is 2. The molecule has 0 spiro atoms. The third kappa shape index (κ3) is 4.91. The van der Waals surface area contributed by atoms with Gasteiger partial charge in [0, 0.05) is 56.6 Å². The average Bonchev–Trinajstić information content (AvgIpc) is 3.29. The van der Waals surface area contributed by atoms with E-state index in [2.05, 4.69) is 51.5 Å². The molecule has 36 heavy (non-hydrogen) atoms. The maximum Gasteiger partial charge on any atom is 0.388 e. The van der Waals surface area contributed by atoms with Crippen molar-refractivity contribution in [1.29, 1.82) is 5.26 Å². The number of piperazine rings is 1. The molecule has 0 bridgehead atoms. The molecule has 4 heterocycles. The van der Waals surface area contributed by atoms with Crippen LogP contribution in [0.3, 0.4) is 0 Å². The molecule has 192 valence electrons. The van der Waals surface area contributed by atoms with E-state index in [4.69, 9.17) is 5.26 Å². The molecule has 0 radical (unpaired) electrons. The zero-order valence-electron chi connectivity index (χ0n) is 20.9. The van der Waals surface area contributed by atoms with E-state index in [-0.39, 0.29) is 36.1 Å². The van der Waals surface area contributed by atoms with Crippen molar-refractivity contribution in [2.75, 3.05) is 18.0 Å². The Morgan fingerprint density at radius 2 is 1.97 bits per heavy atom. The summed E-state index contributed by atoms with van der Waals surface area (Å²) in [7, 11) is 1.71. The van der Waals surface area contributed by atoms with Gasteiger partial charge in [0.1, 0.15) is 12.1 Å². The lowest BCUT2D eigenvalue weighted by atomic mass is 9.97. The van der Waals surface area contributed by atoms with Crippen LogP contribution in [0.15, 0.2) is 35.4 Å². The highest BCUT2D eigenvalue weighted by atomic mass is 19.3. The molecule has 0 aliphatic carbocycles. The maximum atomic E-state index is 12.8. The fourth-order valence-electron chi connectivity index (χ4n) is 5.06. The van der Waals surface area contributed by atoms with Gasteiger partial charge in [-0.1, -0.05) is 19.9 Å². The van der Waals surface area contributed by atoms with E-state index in [0.29, 0.717) is 17.6 Å². The lowest BCUT2D eigenvalue weighted by Crippen LogP contribution is -2.58. The lowest BCUT2D eigenvalue weighted by Gasteiger charge is -2.49. The number of hydrogen-bond donors (Lipinski definition) is 0. The van der Waals surface area contributed by atoms with Crippen molar-refractivity contribution in [2.24, 2.45) is 7.05 Å².